The number of benzene rings is 1. The number of nitrogens with zero attached hydrogens (tertiary/aromatic N) is 2. The molecule has 1 unspecified atom stereocenters. The summed E-state index contributed by atoms with van der Waals surface area (Å²) in [6, 6.07) is 1.51. The molecule has 1 aromatic carbocycles. The molecule has 0 spiro atoms. The number of carbonyl (C=O) groups excluding carboxylic acids is 5. The minimum Gasteiger partial charge on any atom is -0.508 e. The fourth-order valence-corrected chi connectivity index (χ4v) is 5.47. The summed E-state index contributed by atoms with van der Waals surface area (Å²) in [7, 11) is 0. The molecule has 1 heterocycles. The molecule has 1 aliphatic rings. The summed E-state index contributed by atoms with van der Waals surface area (Å²) in [6.45, 7) is 8.02. The largest absolute Gasteiger partial charge is 0.508 e. The second-order valence-corrected chi connectivity index (χ2v) is 12.6. The lowest BCUT2D eigenvalue weighted by Gasteiger charge is -2.31. The van der Waals surface area contributed by atoms with E-state index in [1.807, 2.05) is 20.8 Å². The maximum atomic E-state index is 13.8. The second kappa shape index (κ2) is 18.7. The number of guanidine groups is 1. The van der Waals surface area contributed by atoms with Gasteiger partial charge in [0.25, 0.3) is 0 Å². The lowest BCUT2D eigenvalue weighted by Crippen LogP contribution is -2.60. The number of likely N-dealkylation sites (tertiary alicyclic amines) is 1. The molecule has 0 saturated carbocycles. The van der Waals surface area contributed by atoms with Crippen LogP contribution in [-0.2, 0) is 30.4 Å². The van der Waals surface area contributed by atoms with Crippen LogP contribution in [0.4, 0.5) is 0 Å². The predicted molar refractivity (Wildman–Crippen MR) is 178 cm³/mol. The Kier molecular flexibility index (Phi) is 15.4. The molecule has 5 amide bonds. The van der Waals surface area contributed by atoms with Crippen LogP contribution >= 0.6 is 0 Å². The van der Waals surface area contributed by atoms with Crippen molar-refractivity contribution in [2.45, 2.75) is 103 Å². The van der Waals surface area contributed by atoms with E-state index in [1.165, 1.54) is 17.0 Å². The van der Waals surface area contributed by atoms with Crippen LogP contribution in [0.1, 0.15) is 71.8 Å². The number of rotatable bonds is 18. The van der Waals surface area contributed by atoms with Gasteiger partial charge in [0.1, 0.15) is 29.9 Å². The summed E-state index contributed by atoms with van der Waals surface area (Å²) in [5, 5.41) is 17.9. The summed E-state index contributed by atoms with van der Waals surface area (Å²) in [4.78, 5) is 71.5. The van der Waals surface area contributed by atoms with Gasteiger partial charge >= 0.3 is 0 Å². The van der Waals surface area contributed by atoms with Gasteiger partial charge in [-0.3, -0.25) is 29.0 Å². The first kappa shape index (κ1) is 38.8. The second-order valence-electron chi connectivity index (χ2n) is 12.6. The predicted octanol–water partition coefficient (Wildman–Crippen LogP) is -0.661. The summed E-state index contributed by atoms with van der Waals surface area (Å²) in [5.74, 6) is -3.09. The lowest BCUT2D eigenvalue weighted by atomic mass is 9.96. The number of phenols is 1. The van der Waals surface area contributed by atoms with Crippen molar-refractivity contribution in [3.63, 3.8) is 0 Å². The van der Waals surface area contributed by atoms with Crippen molar-refractivity contribution in [1.29, 1.82) is 0 Å². The number of amides is 5. The smallest absolute Gasteiger partial charge is 0.245 e. The minimum absolute atomic E-state index is 0.0181. The van der Waals surface area contributed by atoms with Crippen LogP contribution in [0.3, 0.4) is 0 Å². The van der Waals surface area contributed by atoms with E-state index < -0.39 is 59.7 Å². The molecule has 0 bridgehead atoms. The first-order valence-corrected chi connectivity index (χ1v) is 16.2. The summed E-state index contributed by atoms with van der Waals surface area (Å²) < 4.78 is 0. The number of hydrogen-bond donors (Lipinski definition) is 8. The van der Waals surface area contributed by atoms with Crippen LogP contribution < -0.4 is 38.9 Å². The molecular weight excluding hydrogens is 606 g/mol. The molecule has 1 fully saturated rings. The van der Waals surface area contributed by atoms with Crippen LogP contribution in [-0.4, -0.2) is 88.8 Å². The van der Waals surface area contributed by atoms with Crippen LogP contribution in [0.15, 0.2) is 29.3 Å². The Morgan fingerprint density at radius 2 is 1.60 bits per heavy atom. The third-order valence-electron chi connectivity index (χ3n) is 8.29. The summed E-state index contributed by atoms with van der Waals surface area (Å²) in [6.07, 6.45) is 2.54. The van der Waals surface area contributed by atoms with Gasteiger partial charge in [-0.15, -0.1) is 0 Å². The number of aliphatic imine (C=N–C) groups is 1. The summed E-state index contributed by atoms with van der Waals surface area (Å²) >= 11 is 0. The van der Waals surface area contributed by atoms with Gasteiger partial charge in [-0.05, 0) is 68.1 Å². The monoisotopic (exact) mass is 659 g/mol. The molecule has 15 heteroatoms. The van der Waals surface area contributed by atoms with Crippen molar-refractivity contribution in [1.82, 2.24) is 20.9 Å². The molecule has 1 saturated heterocycles. The van der Waals surface area contributed by atoms with Gasteiger partial charge < -0.3 is 48.9 Å². The zero-order chi connectivity index (χ0) is 35.3. The quantitative estimate of drug-likeness (QED) is 0.0564. The summed E-state index contributed by atoms with van der Waals surface area (Å²) in [5.41, 5.74) is 23.3. The highest BCUT2D eigenvalue weighted by Crippen LogP contribution is 2.20. The molecule has 2 rings (SSSR count). The van der Waals surface area contributed by atoms with Gasteiger partial charge in [0, 0.05) is 13.1 Å². The SMILES string of the molecule is CC[C@H](C)[C@H](NC(=O)C(N)Cc1ccc(O)cc1)C(=O)N[C@@H](CCCN=C(N)N)C(=O)N[C@@H](CC(C)C)C(=O)N1CCC[C@H]1C(N)=O. The number of aromatic hydroxyl groups is 1. The molecule has 262 valence electrons. The minimum atomic E-state index is -1.10. The molecule has 12 N–H and O–H groups in total. The molecular formula is C32H53N9O6. The standard InChI is InChI=1S/C32H53N9O6/c1-5-19(4)26(40-28(44)22(33)17-20-10-12-21(42)13-11-20)30(46)38-23(8-6-14-37-32(35)36)29(45)39-24(16-18(2)3)31(47)41-15-7-9-25(41)27(34)43/h10-13,18-19,22-26,42H,5-9,14-17,33H2,1-4H3,(H2,34,43)(H,38,46)(H,39,45)(H,40,44)(H4,35,36,37)/t19-,22?,23-,24-,25-,26-/m0/s1. The number of carbonyl (C=O) groups is 5. The number of nitrogens with one attached hydrogen (secondary N) is 3. The molecule has 0 aliphatic carbocycles. The third-order valence-corrected chi connectivity index (χ3v) is 8.29. The molecule has 0 radical (unpaired) electrons. The van der Waals surface area contributed by atoms with Gasteiger partial charge in [-0.1, -0.05) is 46.2 Å². The zero-order valence-electron chi connectivity index (χ0n) is 27.9. The van der Waals surface area contributed by atoms with Gasteiger partial charge in [-0.2, -0.15) is 0 Å². The molecule has 15 nitrogen and oxygen atoms in total. The Balaban J connectivity index is 2.25. The Hall–Kier alpha value is -4.40. The van der Waals surface area contributed by atoms with Gasteiger partial charge in [0.2, 0.25) is 29.5 Å². The average Bonchev–Trinajstić information content (AvgIpc) is 3.51. The third kappa shape index (κ3) is 12.4. The van der Waals surface area contributed by atoms with E-state index in [0.717, 1.165) is 5.56 Å². The van der Waals surface area contributed by atoms with E-state index in [0.29, 0.717) is 38.6 Å². The van der Waals surface area contributed by atoms with E-state index in [2.05, 4.69) is 20.9 Å². The van der Waals surface area contributed by atoms with Crippen LogP contribution in [0, 0.1) is 11.8 Å². The lowest BCUT2D eigenvalue weighted by molar-refractivity contribution is -0.141. The molecule has 6 atom stereocenters. The van der Waals surface area contributed by atoms with E-state index >= 15 is 0 Å². The highest BCUT2D eigenvalue weighted by molar-refractivity contribution is 5.96. The van der Waals surface area contributed by atoms with E-state index in [-0.39, 0.29) is 42.9 Å². The molecule has 1 aromatic rings. The number of nitrogens with two attached hydrogens (primary N) is 4. The van der Waals surface area contributed by atoms with Crippen molar-refractivity contribution in [3.05, 3.63) is 29.8 Å². The first-order chi connectivity index (χ1) is 22.1. The van der Waals surface area contributed by atoms with Gasteiger partial charge in [0.05, 0.1) is 6.04 Å². The number of phenolic OH excluding ortho intramolecular Hbond substituents is 1. The molecule has 1 aliphatic heterocycles. The number of hydrogen-bond acceptors (Lipinski definition) is 8. The maximum absolute atomic E-state index is 13.8. The topological polar surface area (TPSA) is 261 Å². The Bertz CT molecular complexity index is 1250. The highest BCUT2D eigenvalue weighted by atomic mass is 16.3. The molecule has 0 aromatic heterocycles. The van der Waals surface area contributed by atoms with E-state index in [9.17, 15) is 29.1 Å². The van der Waals surface area contributed by atoms with Crippen molar-refractivity contribution < 1.29 is 29.1 Å². The molecule has 47 heavy (non-hydrogen) atoms. The Morgan fingerprint density at radius 1 is 0.957 bits per heavy atom. The Labute approximate surface area is 276 Å². The van der Waals surface area contributed by atoms with Crippen LogP contribution in [0.2, 0.25) is 0 Å². The van der Waals surface area contributed by atoms with Crippen molar-refractivity contribution in [2.24, 2.45) is 39.8 Å². The fraction of sp³-hybridized carbons (Fsp3) is 0.625. The average molecular weight is 660 g/mol. The van der Waals surface area contributed by atoms with Crippen molar-refractivity contribution >= 4 is 35.5 Å². The normalized spacial score (nSPS) is 17.6. The first-order valence-electron chi connectivity index (χ1n) is 16.2. The van der Waals surface area contributed by atoms with E-state index in [4.69, 9.17) is 22.9 Å². The van der Waals surface area contributed by atoms with E-state index in [1.54, 1.807) is 19.1 Å². The zero-order valence-corrected chi connectivity index (χ0v) is 27.9. The Morgan fingerprint density at radius 3 is 2.17 bits per heavy atom. The maximum Gasteiger partial charge on any atom is 0.245 e. The van der Waals surface area contributed by atoms with Crippen LogP contribution in [0.5, 0.6) is 5.75 Å². The van der Waals surface area contributed by atoms with Crippen LogP contribution in [0.25, 0.3) is 0 Å². The fourth-order valence-electron chi connectivity index (χ4n) is 5.47. The van der Waals surface area contributed by atoms with Gasteiger partial charge in [0.15, 0.2) is 5.96 Å². The number of primary amides is 1. The van der Waals surface area contributed by atoms with Crippen molar-refractivity contribution in [3.8, 4) is 5.75 Å². The highest BCUT2D eigenvalue weighted by Gasteiger charge is 2.38. The van der Waals surface area contributed by atoms with Crippen molar-refractivity contribution in [2.75, 3.05) is 13.1 Å². The van der Waals surface area contributed by atoms with Gasteiger partial charge in [-0.25, -0.2) is 0 Å².